The first-order valence-corrected chi connectivity index (χ1v) is 7.52. The number of nitrogens with one attached hydrogen (secondary N) is 2. The Morgan fingerprint density at radius 3 is 2.33 bits per heavy atom. The average Bonchev–Trinajstić information content (AvgIpc) is 2.58. The van der Waals surface area contributed by atoms with Crippen LogP contribution in [0, 0.1) is 6.92 Å². The Hall–Kier alpha value is -3.15. The molecular formula is C18H19N3O3. The number of benzene rings is 2. The highest BCUT2D eigenvalue weighted by molar-refractivity contribution is 6.39. The summed E-state index contributed by atoms with van der Waals surface area (Å²) >= 11 is 0. The lowest BCUT2D eigenvalue weighted by Crippen LogP contribution is -2.32. The third kappa shape index (κ3) is 5.24. The van der Waals surface area contributed by atoms with E-state index in [0.29, 0.717) is 12.3 Å². The molecule has 124 valence electrons. The van der Waals surface area contributed by atoms with E-state index in [2.05, 4.69) is 15.8 Å². The van der Waals surface area contributed by atoms with E-state index in [1.807, 2.05) is 26.0 Å². The van der Waals surface area contributed by atoms with Gasteiger partial charge in [-0.1, -0.05) is 17.7 Å². The first kappa shape index (κ1) is 17.2. The highest BCUT2D eigenvalue weighted by Crippen LogP contribution is 2.10. The molecule has 2 N–H and O–H groups in total. The van der Waals surface area contributed by atoms with Crippen molar-refractivity contribution in [2.45, 2.75) is 13.8 Å². The predicted octanol–water partition coefficient (Wildman–Crippen LogP) is 2.48. The molecule has 0 unspecified atom stereocenters. The average molecular weight is 325 g/mol. The van der Waals surface area contributed by atoms with Gasteiger partial charge in [-0.25, -0.2) is 5.43 Å². The van der Waals surface area contributed by atoms with E-state index < -0.39 is 11.8 Å². The monoisotopic (exact) mass is 325 g/mol. The predicted molar refractivity (Wildman–Crippen MR) is 93.2 cm³/mol. The van der Waals surface area contributed by atoms with Crippen LogP contribution in [-0.4, -0.2) is 24.6 Å². The zero-order chi connectivity index (χ0) is 17.4. The third-order valence-corrected chi connectivity index (χ3v) is 3.09. The summed E-state index contributed by atoms with van der Waals surface area (Å²) < 4.78 is 5.33. The normalized spacial score (nSPS) is 10.4. The van der Waals surface area contributed by atoms with Gasteiger partial charge in [0.25, 0.3) is 0 Å². The smallest absolute Gasteiger partial charge is 0.329 e. The van der Waals surface area contributed by atoms with E-state index in [-0.39, 0.29) is 0 Å². The molecule has 24 heavy (non-hydrogen) atoms. The topological polar surface area (TPSA) is 79.8 Å². The van der Waals surface area contributed by atoms with Gasteiger partial charge in [0.15, 0.2) is 0 Å². The van der Waals surface area contributed by atoms with Crippen LogP contribution < -0.4 is 15.5 Å². The molecule has 6 heteroatoms. The van der Waals surface area contributed by atoms with Crippen LogP contribution in [0.4, 0.5) is 5.69 Å². The highest BCUT2D eigenvalue weighted by Gasteiger charge is 2.12. The zero-order valence-electron chi connectivity index (χ0n) is 13.6. The summed E-state index contributed by atoms with van der Waals surface area (Å²) in [5, 5.41) is 6.27. The first-order chi connectivity index (χ1) is 11.6. The fraction of sp³-hybridized carbons (Fsp3) is 0.167. The molecule has 0 aliphatic rings. The molecule has 0 aliphatic heterocycles. The summed E-state index contributed by atoms with van der Waals surface area (Å²) in [5.41, 5.74) is 4.58. The molecule has 2 aromatic carbocycles. The number of anilines is 1. The van der Waals surface area contributed by atoms with Crippen molar-refractivity contribution in [3.63, 3.8) is 0 Å². The van der Waals surface area contributed by atoms with Crippen LogP contribution in [0.2, 0.25) is 0 Å². The van der Waals surface area contributed by atoms with Gasteiger partial charge < -0.3 is 10.1 Å². The third-order valence-electron chi connectivity index (χ3n) is 3.09. The number of hydrazone groups is 1. The summed E-state index contributed by atoms with van der Waals surface area (Å²) in [4.78, 5) is 23.4. The maximum atomic E-state index is 11.7. The van der Waals surface area contributed by atoms with Gasteiger partial charge in [-0.05, 0) is 55.8 Å². The van der Waals surface area contributed by atoms with Crippen molar-refractivity contribution < 1.29 is 14.3 Å². The van der Waals surface area contributed by atoms with Crippen LogP contribution in [0.15, 0.2) is 53.6 Å². The summed E-state index contributed by atoms with van der Waals surface area (Å²) in [6.07, 6.45) is 1.45. The number of ether oxygens (including phenoxy) is 1. The number of carbonyl (C=O) groups excluding carboxylic acids is 2. The molecule has 6 nitrogen and oxygen atoms in total. The lowest BCUT2D eigenvalue weighted by Gasteiger charge is -2.04. The molecule has 0 aromatic heterocycles. The van der Waals surface area contributed by atoms with Crippen LogP contribution in [-0.2, 0) is 9.59 Å². The van der Waals surface area contributed by atoms with Gasteiger partial charge in [0, 0.05) is 5.69 Å². The zero-order valence-corrected chi connectivity index (χ0v) is 13.6. The van der Waals surface area contributed by atoms with E-state index in [4.69, 9.17) is 4.74 Å². The van der Waals surface area contributed by atoms with E-state index in [1.165, 1.54) is 6.21 Å². The molecule has 0 radical (unpaired) electrons. The molecule has 0 saturated carbocycles. The molecule has 0 saturated heterocycles. The van der Waals surface area contributed by atoms with Crippen molar-refractivity contribution in [2.24, 2.45) is 5.10 Å². The highest BCUT2D eigenvalue weighted by atomic mass is 16.5. The van der Waals surface area contributed by atoms with Gasteiger partial charge in [-0.3, -0.25) is 9.59 Å². The fourth-order valence-electron chi connectivity index (χ4n) is 1.86. The summed E-state index contributed by atoms with van der Waals surface area (Å²) in [5.74, 6) is -0.850. The van der Waals surface area contributed by atoms with Crippen LogP contribution in [0.25, 0.3) is 0 Å². The Labute approximate surface area is 140 Å². The molecule has 0 heterocycles. The van der Waals surface area contributed by atoms with Gasteiger partial charge in [0.05, 0.1) is 12.8 Å². The van der Waals surface area contributed by atoms with Crippen molar-refractivity contribution in [3.8, 4) is 5.75 Å². The van der Waals surface area contributed by atoms with Crippen molar-refractivity contribution in [3.05, 3.63) is 59.7 Å². The number of rotatable bonds is 5. The number of nitrogens with zero attached hydrogens (tertiary/aromatic N) is 1. The number of hydrogen-bond acceptors (Lipinski definition) is 4. The van der Waals surface area contributed by atoms with E-state index in [9.17, 15) is 9.59 Å². The number of aryl methyl sites for hydroxylation is 1. The maximum absolute atomic E-state index is 11.7. The van der Waals surface area contributed by atoms with Gasteiger partial charge in [0.2, 0.25) is 0 Å². The van der Waals surface area contributed by atoms with Crippen molar-refractivity contribution in [1.29, 1.82) is 0 Å². The molecule has 2 amide bonds. The van der Waals surface area contributed by atoms with Crippen molar-refractivity contribution in [1.82, 2.24) is 5.43 Å². The summed E-state index contributed by atoms with van der Waals surface area (Å²) in [6.45, 7) is 4.44. The van der Waals surface area contributed by atoms with Gasteiger partial charge in [-0.2, -0.15) is 5.10 Å². The van der Waals surface area contributed by atoms with Crippen molar-refractivity contribution >= 4 is 23.7 Å². The minimum atomic E-state index is -0.835. The molecule has 0 fully saturated rings. The minimum absolute atomic E-state index is 0.552. The van der Waals surface area contributed by atoms with Crippen LogP contribution >= 0.6 is 0 Å². The van der Waals surface area contributed by atoms with Crippen LogP contribution in [0.1, 0.15) is 18.1 Å². The Morgan fingerprint density at radius 1 is 1.04 bits per heavy atom. The lowest BCUT2D eigenvalue weighted by molar-refractivity contribution is -0.136. The van der Waals surface area contributed by atoms with Gasteiger partial charge >= 0.3 is 11.8 Å². The van der Waals surface area contributed by atoms with Gasteiger partial charge in [-0.15, -0.1) is 0 Å². The Balaban J connectivity index is 1.85. The Kier molecular flexibility index (Phi) is 6.08. The van der Waals surface area contributed by atoms with Crippen LogP contribution in [0.5, 0.6) is 5.75 Å². The van der Waals surface area contributed by atoms with Gasteiger partial charge in [0.1, 0.15) is 5.75 Å². The van der Waals surface area contributed by atoms with Crippen molar-refractivity contribution in [2.75, 3.05) is 11.9 Å². The SMILES string of the molecule is CCOc1ccc(/C=N/NC(=O)C(=O)Nc2ccc(C)cc2)cc1. The molecular weight excluding hydrogens is 306 g/mol. The maximum Gasteiger partial charge on any atom is 0.329 e. The number of hydrogen-bond donors (Lipinski definition) is 2. The molecule has 2 rings (SSSR count). The standard InChI is InChI=1S/C18H19N3O3/c1-3-24-16-10-6-14(7-11-16)12-19-21-18(23)17(22)20-15-8-4-13(2)5-9-15/h4-12H,3H2,1-2H3,(H,20,22)(H,21,23)/b19-12+. The minimum Gasteiger partial charge on any atom is -0.494 e. The number of amides is 2. The molecule has 0 atom stereocenters. The molecule has 0 spiro atoms. The molecule has 0 bridgehead atoms. The molecule has 2 aromatic rings. The Bertz CT molecular complexity index is 722. The Morgan fingerprint density at radius 2 is 1.71 bits per heavy atom. The fourth-order valence-corrected chi connectivity index (χ4v) is 1.86. The second kappa shape index (κ2) is 8.47. The lowest BCUT2D eigenvalue weighted by atomic mass is 10.2. The quantitative estimate of drug-likeness (QED) is 0.503. The van der Waals surface area contributed by atoms with E-state index in [1.54, 1.807) is 36.4 Å². The molecule has 0 aliphatic carbocycles. The second-order valence-corrected chi connectivity index (χ2v) is 5.02. The number of carbonyl (C=O) groups is 2. The summed E-state index contributed by atoms with van der Waals surface area (Å²) in [6, 6.07) is 14.3. The summed E-state index contributed by atoms with van der Waals surface area (Å²) in [7, 11) is 0. The van der Waals surface area contributed by atoms with Crippen LogP contribution in [0.3, 0.4) is 0 Å². The first-order valence-electron chi connectivity index (χ1n) is 7.52. The largest absolute Gasteiger partial charge is 0.494 e. The van der Waals surface area contributed by atoms with E-state index >= 15 is 0 Å². The second-order valence-electron chi connectivity index (χ2n) is 5.02. The van der Waals surface area contributed by atoms with E-state index in [0.717, 1.165) is 16.9 Å².